The summed E-state index contributed by atoms with van der Waals surface area (Å²) in [5.41, 5.74) is 1.58. The fraction of sp³-hybridized carbons (Fsp3) is 0.900. The number of nitrogens with one attached hydrogen (secondary N) is 1. The van der Waals surface area contributed by atoms with Crippen molar-refractivity contribution in [2.75, 3.05) is 46.9 Å². The summed E-state index contributed by atoms with van der Waals surface area (Å²) < 4.78 is 4.52. The minimum atomic E-state index is -1.47. The Morgan fingerprint density at radius 2 is 2.00 bits per heavy atom. The summed E-state index contributed by atoms with van der Waals surface area (Å²) >= 11 is 0. The van der Waals surface area contributed by atoms with E-state index in [0.29, 0.717) is 0 Å². The Morgan fingerprint density at radius 3 is 2.50 bits per heavy atom. The summed E-state index contributed by atoms with van der Waals surface area (Å²) in [5, 5.41) is 11.8. The first kappa shape index (κ1) is 13.4. The predicted molar refractivity (Wildman–Crippen MR) is 59.7 cm³/mol. The van der Waals surface area contributed by atoms with E-state index < -0.39 is 11.6 Å². The summed E-state index contributed by atoms with van der Waals surface area (Å²) in [4.78, 5) is 13.5. The van der Waals surface area contributed by atoms with Crippen molar-refractivity contribution in [2.24, 2.45) is 0 Å². The fourth-order valence-electron chi connectivity index (χ4n) is 1.52. The van der Waals surface area contributed by atoms with E-state index in [1.807, 2.05) is 5.01 Å². The SMILES string of the molecule is COC(=O)C(C)(O)CNN1CCN(C)CC1. The first-order valence-corrected chi connectivity index (χ1v) is 5.43. The number of carbonyl (C=O) groups is 1. The topological polar surface area (TPSA) is 65.0 Å². The van der Waals surface area contributed by atoms with Crippen LogP contribution < -0.4 is 5.43 Å². The Labute approximate surface area is 96.1 Å². The molecule has 1 aliphatic rings. The summed E-state index contributed by atoms with van der Waals surface area (Å²) in [6, 6.07) is 0. The molecule has 1 rings (SSSR count). The number of rotatable bonds is 4. The molecule has 1 atom stereocenters. The second kappa shape index (κ2) is 5.58. The van der Waals surface area contributed by atoms with Crippen LogP contribution in [0.25, 0.3) is 0 Å². The van der Waals surface area contributed by atoms with Gasteiger partial charge in [0.05, 0.1) is 7.11 Å². The van der Waals surface area contributed by atoms with Gasteiger partial charge in [0.15, 0.2) is 5.60 Å². The van der Waals surface area contributed by atoms with Crippen molar-refractivity contribution in [1.82, 2.24) is 15.3 Å². The van der Waals surface area contributed by atoms with E-state index in [9.17, 15) is 9.90 Å². The van der Waals surface area contributed by atoms with E-state index in [2.05, 4.69) is 22.1 Å². The smallest absolute Gasteiger partial charge is 0.338 e. The molecule has 0 aromatic heterocycles. The molecule has 2 N–H and O–H groups in total. The third-order valence-electron chi connectivity index (χ3n) is 2.78. The van der Waals surface area contributed by atoms with Gasteiger partial charge >= 0.3 is 5.97 Å². The lowest BCUT2D eigenvalue weighted by Gasteiger charge is -2.34. The highest BCUT2D eigenvalue weighted by Crippen LogP contribution is 2.05. The number of carbonyl (C=O) groups excluding carboxylic acids is 1. The maximum absolute atomic E-state index is 11.2. The summed E-state index contributed by atoms with van der Waals surface area (Å²) in [6.45, 7) is 5.34. The molecule has 0 aromatic carbocycles. The molecule has 0 bridgehead atoms. The van der Waals surface area contributed by atoms with Crippen LogP contribution >= 0.6 is 0 Å². The largest absolute Gasteiger partial charge is 0.467 e. The van der Waals surface area contributed by atoms with Crippen LogP contribution in [0.3, 0.4) is 0 Å². The molecule has 1 fully saturated rings. The zero-order valence-electron chi connectivity index (χ0n) is 10.2. The Kier molecular flexibility index (Phi) is 4.67. The zero-order chi connectivity index (χ0) is 12.2. The monoisotopic (exact) mass is 231 g/mol. The van der Waals surface area contributed by atoms with Crippen LogP contribution in [-0.2, 0) is 9.53 Å². The highest BCUT2D eigenvalue weighted by molar-refractivity contribution is 5.78. The molecule has 0 radical (unpaired) electrons. The summed E-state index contributed by atoms with van der Waals surface area (Å²) in [6.07, 6.45) is 0. The molecule has 1 saturated heterocycles. The van der Waals surface area contributed by atoms with Gasteiger partial charge in [0, 0.05) is 32.7 Å². The number of likely N-dealkylation sites (N-methyl/N-ethyl adjacent to an activating group) is 1. The number of hydrazine groups is 1. The first-order valence-electron chi connectivity index (χ1n) is 5.43. The van der Waals surface area contributed by atoms with Gasteiger partial charge < -0.3 is 14.7 Å². The van der Waals surface area contributed by atoms with E-state index >= 15 is 0 Å². The molecule has 0 amide bonds. The van der Waals surface area contributed by atoms with E-state index in [0.717, 1.165) is 26.2 Å². The number of ether oxygens (including phenoxy) is 1. The van der Waals surface area contributed by atoms with E-state index in [1.165, 1.54) is 14.0 Å². The van der Waals surface area contributed by atoms with E-state index in [4.69, 9.17) is 0 Å². The lowest BCUT2D eigenvalue weighted by Crippen LogP contribution is -2.56. The number of nitrogens with zero attached hydrogens (tertiary/aromatic N) is 2. The van der Waals surface area contributed by atoms with Gasteiger partial charge in [-0.1, -0.05) is 0 Å². The van der Waals surface area contributed by atoms with Crippen LogP contribution in [0.2, 0.25) is 0 Å². The summed E-state index contributed by atoms with van der Waals surface area (Å²) in [7, 11) is 3.34. The quantitative estimate of drug-likeness (QED) is 0.584. The van der Waals surface area contributed by atoms with Gasteiger partial charge in [-0.25, -0.2) is 9.80 Å². The minimum absolute atomic E-state index is 0.170. The molecule has 6 nitrogen and oxygen atoms in total. The maximum atomic E-state index is 11.2. The van der Waals surface area contributed by atoms with Crippen molar-refractivity contribution >= 4 is 5.97 Å². The Balaban J connectivity index is 2.31. The van der Waals surface area contributed by atoms with Crippen molar-refractivity contribution in [2.45, 2.75) is 12.5 Å². The van der Waals surface area contributed by atoms with Crippen LogP contribution in [0, 0.1) is 0 Å². The molecule has 1 unspecified atom stereocenters. The Hall–Kier alpha value is -0.690. The lowest BCUT2D eigenvalue weighted by atomic mass is 10.1. The van der Waals surface area contributed by atoms with Crippen molar-refractivity contribution in [3.05, 3.63) is 0 Å². The van der Waals surface area contributed by atoms with Gasteiger partial charge in [-0.2, -0.15) is 0 Å². The second-order valence-electron chi connectivity index (χ2n) is 4.39. The van der Waals surface area contributed by atoms with Gasteiger partial charge in [-0.15, -0.1) is 0 Å². The van der Waals surface area contributed by atoms with Crippen LogP contribution in [0.15, 0.2) is 0 Å². The third-order valence-corrected chi connectivity index (χ3v) is 2.78. The molecular formula is C10H21N3O3. The molecule has 1 aliphatic heterocycles. The molecule has 94 valence electrons. The Bertz CT molecular complexity index is 237. The number of aliphatic hydroxyl groups is 1. The van der Waals surface area contributed by atoms with Gasteiger partial charge in [0.2, 0.25) is 0 Å². The van der Waals surface area contributed by atoms with Crippen molar-refractivity contribution in [3.63, 3.8) is 0 Å². The first-order chi connectivity index (χ1) is 7.45. The number of hydrogen-bond acceptors (Lipinski definition) is 6. The maximum Gasteiger partial charge on any atom is 0.338 e. The third kappa shape index (κ3) is 3.71. The molecule has 6 heteroatoms. The fourth-order valence-corrected chi connectivity index (χ4v) is 1.52. The Morgan fingerprint density at radius 1 is 1.44 bits per heavy atom. The number of methoxy groups -OCH3 is 1. The lowest BCUT2D eigenvalue weighted by molar-refractivity contribution is -0.161. The van der Waals surface area contributed by atoms with Gasteiger partial charge in [-0.05, 0) is 14.0 Å². The average molecular weight is 231 g/mol. The highest BCUT2D eigenvalue weighted by Gasteiger charge is 2.31. The van der Waals surface area contributed by atoms with E-state index in [1.54, 1.807) is 0 Å². The number of esters is 1. The van der Waals surface area contributed by atoms with Crippen LogP contribution in [0.5, 0.6) is 0 Å². The van der Waals surface area contributed by atoms with Gasteiger partial charge in [-0.3, -0.25) is 5.43 Å². The van der Waals surface area contributed by atoms with Gasteiger partial charge in [0.1, 0.15) is 0 Å². The molecule has 1 heterocycles. The van der Waals surface area contributed by atoms with Gasteiger partial charge in [0.25, 0.3) is 0 Å². The molecule has 0 aliphatic carbocycles. The summed E-state index contributed by atoms with van der Waals surface area (Å²) in [5.74, 6) is -0.617. The highest BCUT2D eigenvalue weighted by atomic mass is 16.5. The van der Waals surface area contributed by atoms with Crippen molar-refractivity contribution < 1.29 is 14.6 Å². The van der Waals surface area contributed by atoms with Crippen LogP contribution in [0.4, 0.5) is 0 Å². The number of piperazine rings is 1. The average Bonchev–Trinajstić information content (AvgIpc) is 2.27. The molecule has 0 spiro atoms. The minimum Gasteiger partial charge on any atom is -0.467 e. The molecule has 0 aromatic rings. The zero-order valence-corrected chi connectivity index (χ0v) is 10.2. The second-order valence-corrected chi connectivity index (χ2v) is 4.39. The van der Waals surface area contributed by atoms with E-state index in [-0.39, 0.29) is 6.54 Å². The molecular weight excluding hydrogens is 210 g/mol. The molecule has 16 heavy (non-hydrogen) atoms. The van der Waals surface area contributed by atoms with Crippen LogP contribution in [0.1, 0.15) is 6.92 Å². The predicted octanol–water partition coefficient (Wildman–Crippen LogP) is -1.34. The molecule has 0 saturated carbocycles. The van der Waals surface area contributed by atoms with Crippen LogP contribution in [-0.4, -0.2) is 73.5 Å². The van der Waals surface area contributed by atoms with Crippen molar-refractivity contribution in [3.8, 4) is 0 Å². The van der Waals surface area contributed by atoms with Crippen molar-refractivity contribution in [1.29, 1.82) is 0 Å². The number of hydrogen-bond donors (Lipinski definition) is 2. The normalized spacial score (nSPS) is 22.8. The standard InChI is InChI=1S/C10H21N3O3/c1-10(15,9(14)16-3)8-11-13-6-4-12(2)5-7-13/h11,15H,4-8H2,1-3H3.